The number of hydrogen-bond acceptors (Lipinski definition) is 4. The maximum Gasteiger partial charge on any atom is 0.302 e. The maximum atomic E-state index is 11.4. The highest BCUT2D eigenvalue weighted by Gasteiger charge is 2.39. The summed E-state index contributed by atoms with van der Waals surface area (Å²) in [6.07, 6.45) is 9.24. The van der Waals surface area contributed by atoms with Gasteiger partial charge in [-0.2, -0.15) is 0 Å². The predicted molar refractivity (Wildman–Crippen MR) is 117 cm³/mol. The summed E-state index contributed by atoms with van der Waals surface area (Å²) < 4.78 is 11.8. The van der Waals surface area contributed by atoms with E-state index in [4.69, 9.17) is 9.47 Å². The number of Topliss-reactive ketones (excluding diaryl/α,β-unsaturated/α-hetero) is 1. The fraction of sp³-hybridized carbons (Fsp3) is 0.920. The van der Waals surface area contributed by atoms with Crippen LogP contribution in [-0.2, 0) is 19.1 Å². The molecule has 2 aliphatic carbocycles. The van der Waals surface area contributed by atoms with Crippen LogP contribution in [0, 0.1) is 35.5 Å². The van der Waals surface area contributed by atoms with Crippen LogP contribution in [0.4, 0.5) is 0 Å². The lowest BCUT2D eigenvalue weighted by Gasteiger charge is -2.43. The van der Waals surface area contributed by atoms with Crippen LogP contribution >= 0.6 is 0 Å². The van der Waals surface area contributed by atoms with Gasteiger partial charge >= 0.3 is 5.97 Å². The molecule has 2 fully saturated rings. The van der Waals surface area contributed by atoms with Gasteiger partial charge in [0.15, 0.2) is 0 Å². The Hall–Kier alpha value is -0.900. The zero-order valence-electron chi connectivity index (χ0n) is 19.6. The van der Waals surface area contributed by atoms with E-state index in [0.717, 1.165) is 31.3 Å². The normalized spacial score (nSPS) is 37.9. The number of carbonyl (C=O) groups is 2. The number of ether oxygens (including phenoxy) is 2. The van der Waals surface area contributed by atoms with Crippen LogP contribution in [0.1, 0.15) is 92.9 Å². The van der Waals surface area contributed by atoms with E-state index < -0.39 is 0 Å². The summed E-state index contributed by atoms with van der Waals surface area (Å²) in [5, 5.41) is 0. The van der Waals surface area contributed by atoms with Gasteiger partial charge in [0.05, 0.1) is 6.10 Å². The number of rotatable bonds is 9. The van der Waals surface area contributed by atoms with Crippen LogP contribution in [0.5, 0.6) is 0 Å². The molecule has 0 aromatic carbocycles. The van der Waals surface area contributed by atoms with Gasteiger partial charge in [-0.05, 0) is 87.4 Å². The monoisotopic (exact) mass is 408 g/mol. The zero-order valence-corrected chi connectivity index (χ0v) is 19.6. The van der Waals surface area contributed by atoms with Gasteiger partial charge < -0.3 is 14.3 Å². The first kappa shape index (κ1) is 24.4. The highest BCUT2D eigenvalue weighted by molar-refractivity contribution is 5.75. The summed E-state index contributed by atoms with van der Waals surface area (Å²) in [4.78, 5) is 22.5. The molecule has 0 heterocycles. The van der Waals surface area contributed by atoms with Gasteiger partial charge in [-0.15, -0.1) is 0 Å². The fourth-order valence-electron chi connectivity index (χ4n) is 6.26. The van der Waals surface area contributed by atoms with E-state index in [-0.39, 0.29) is 17.9 Å². The smallest absolute Gasteiger partial charge is 0.302 e. The highest BCUT2D eigenvalue weighted by atomic mass is 16.5. The Labute approximate surface area is 178 Å². The molecule has 0 amide bonds. The molecule has 4 nitrogen and oxygen atoms in total. The molecule has 4 heteroatoms. The van der Waals surface area contributed by atoms with Gasteiger partial charge in [-0.3, -0.25) is 4.79 Å². The standard InChI is InChI=1S/C25H44O4/c1-16-11-22(12-17(2)24(16)28-10-8-7-9-20(5)26)15-23-13-18(3)25(19(4)14-23)29-21(6)27/h16-19,22-25H,7-15H2,1-6H3. The number of esters is 1. The van der Waals surface area contributed by atoms with Crippen molar-refractivity contribution in [2.75, 3.05) is 6.61 Å². The van der Waals surface area contributed by atoms with Crippen molar-refractivity contribution in [2.24, 2.45) is 35.5 Å². The predicted octanol–water partition coefficient (Wildman–Crippen LogP) is 5.82. The summed E-state index contributed by atoms with van der Waals surface area (Å²) in [5.41, 5.74) is 0. The van der Waals surface area contributed by atoms with Crippen molar-refractivity contribution in [2.45, 2.75) is 105 Å². The van der Waals surface area contributed by atoms with Crippen LogP contribution in [0.2, 0.25) is 0 Å². The molecule has 0 aromatic heterocycles. The van der Waals surface area contributed by atoms with Gasteiger partial charge in [0.2, 0.25) is 0 Å². The third kappa shape index (κ3) is 7.70. The quantitative estimate of drug-likeness (QED) is 0.356. The van der Waals surface area contributed by atoms with Gasteiger partial charge in [-0.25, -0.2) is 0 Å². The first-order valence-corrected chi connectivity index (χ1v) is 12.0. The SMILES string of the molecule is CC(=O)CCCCOC1C(C)CC(CC2CC(C)C(OC(C)=O)C(C)C2)CC1C. The van der Waals surface area contributed by atoms with Gasteiger partial charge in [0, 0.05) is 20.0 Å². The molecule has 2 aliphatic rings. The average Bonchev–Trinajstić information content (AvgIpc) is 2.59. The molecule has 0 N–H and O–H groups in total. The molecule has 0 spiro atoms. The summed E-state index contributed by atoms with van der Waals surface area (Å²) in [5.74, 6) is 3.78. The minimum Gasteiger partial charge on any atom is -0.462 e. The second-order valence-electron chi connectivity index (χ2n) is 10.4. The summed E-state index contributed by atoms with van der Waals surface area (Å²) in [7, 11) is 0. The Morgan fingerprint density at radius 2 is 1.24 bits per heavy atom. The molecule has 168 valence electrons. The van der Waals surface area contributed by atoms with Gasteiger partial charge in [-0.1, -0.05) is 27.7 Å². The van der Waals surface area contributed by atoms with Crippen LogP contribution in [0.3, 0.4) is 0 Å². The summed E-state index contributed by atoms with van der Waals surface area (Å²) in [6, 6.07) is 0. The number of hydrogen-bond donors (Lipinski definition) is 0. The van der Waals surface area contributed by atoms with Crippen molar-refractivity contribution in [3.8, 4) is 0 Å². The van der Waals surface area contributed by atoms with E-state index in [1.807, 2.05) is 0 Å². The third-order valence-electron chi connectivity index (χ3n) is 7.27. The van der Waals surface area contributed by atoms with E-state index in [9.17, 15) is 9.59 Å². The Balaban J connectivity index is 1.77. The highest BCUT2D eigenvalue weighted by Crippen LogP contribution is 2.43. The molecule has 0 saturated heterocycles. The summed E-state index contributed by atoms with van der Waals surface area (Å²) >= 11 is 0. The molecule has 0 bridgehead atoms. The zero-order chi connectivity index (χ0) is 21.6. The van der Waals surface area contributed by atoms with Gasteiger partial charge in [0.1, 0.15) is 11.9 Å². The van der Waals surface area contributed by atoms with Crippen molar-refractivity contribution in [1.29, 1.82) is 0 Å². The van der Waals surface area contributed by atoms with Crippen molar-refractivity contribution in [3.63, 3.8) is 0 Å². The minimum atomic E-state index is -0.144. The fourth-order valence-corrected chi connectivity index (χ4v) is 6.26. The molecule has 29 heavy (non-hydrogen) atoms. The topological polar surface area (TPSA) is 52.6 Å². The Morgan fingerprint density at radius 3 is 1.69 bits per heavy atom. The van der Waals surface area contributed by atoms with E-state index in [0.29, 0.717) is 36.2 Å². The maximum absolute atomic E-state index is 11.4. The molecule has 4 atom stereocenters. The second kappa shape index (κ2) is 11.5. The van der Waals surface area contributed by atoms with E-state index >= 15 is 0 Å². The summed E-state index contributed by atoms with van der Waals surface area (Å²) in [6.45, 7) is 13.2. The molecular formula is C25H44O4. The molecule has 0 aliphatic heterocycles. The molecular weight excluding hydrogens is 364 g/mol. The minimum absolute atomic E-state index is 0.0914. The lowest BCUT2D eigenvalue weighted by molar-refractivity contribution is -0.155. The lowest BCUT2D eigenvalue weighted by atomic mass is 9.67. The van der Waals surface area contributed by atoms with Crippen molar-refractivity contribution >= 4 is 11.8 Å². The number of ketones is 1. The number of unbranched alkanes of at least 4 members (excludes halogenated alkanes) is 1. The molecule has 2 saturated carbocycles. The van der Waals surface area contributed by atoms with Crippen molar-refractivity contribution < 1.29 is 19.1 Å². The molecule has 0 aromatic rings. The van der Waals surface area contributed by atoms with Crippen LogP contribution in [0.25, 0.3) is 0 Å². The average molecular weight is 409 g/mol. The Kier molecular flexibility index (Phi) is 9.65. The first-order chi connectivity index (χ1) is 13.7. The molecule has 4 unspecified atom stereocenters. The molecule has 2 rings (SSSR count). The van der Waals surface area contributed by atoms with Gasteiger partial charge in [0.25, 0.3) is 0 Å². The Bertz CT molecular complexity index is 507. The third-order valence-corrected chi connectivity index (χ3v) is 7.27. The molecule has 0 radical (unpaired) electrons. The van der Waals surface area contributed by atoms with Crippen LogP contribution in [0.15, 0.2) is 0 Å². The van der Waals surface area contributed by atoms with E-state index in [1.165, 1.54) is 39.0 Å². The van der Waals surface area contributed by atoms with Crippen LogP contribution < -0.4 is 0 Å². The van der Waals surface area contributed by atoms with E-state index in [2.05, 4.69) is 27.7 Å². The number of carbonyl (C=O) groups excluding carboxylic acids is 2. The van der Waals surface area contributed by atoms with Crippen molar-refractivity contribution in [3.05, 3.63) is 0 Å². The lowest BCUT2D eigenvalue weighted by Crippen LogP contribution is -2.40. The first-order valence-electron chi connectivity index (χ1n) is 12.0. The Morgan fingerprint density at radius 1 is 0.759 bits per heavy atom. The largest absolute Gasteiger partial charge is 0.462 e. The second-order valence-corrected chi connectivity index (χ2v) is 10.4. The van der Waals surface area contributed by atoms with E-state index in [1.54, 1.807) is 6.92 Å². The van der Waals surface area contributed by atoms with Crippen LogP contribution in [-0.4, -0.2) is 30.6 Å². The van der Waals surface area contributed by atoms with Crippen molar-refractivity contribution in [1.82, 2.24) is 0 Å².